The van der Waals surface area contributed by atoms with Gasteiger partial charge in [0, 0.05) is 9.77 Å². The second-order valence-electron chi connectivity index (χ2n) is 5.07. The summed E-state index contributed by atoms with van der Waals surface area (Å²) in [5, 5.41) is 15.0. The summed E-state index contributed by atoms with van der Waals surface area (Å²) in [5.74, 6) is -0.528. The van der Waals surface area contributed by atoms with E-state index in [-0.39, 0.29) is 6.04 Å². The van der Waals surface area contributed by atoms with E-state index < -0.39 is 5.97 Å². The van der Waals surface area contributed by atoms with Crippen LogP contribution < -0.4 is 5.32 Å². The summed E-state index contributed by atoms with van der Waals surface area (Å²) >= 11 is 3.14. The van der Waals surface area contributed by atoms with Gasteiger partial charge in [0.05, 0.1) is 17.3 Å². The zero-order chi connectivity index (χ0) is 15.4. The van der Waals surface area contributed by atoms with E-state index in [4.69, 9.17) is 0 Å². The largest absolute Gasteiger partial charge is 0.478 e. The minimum atomic E-state index is -0.892. The van der Waals surface area contributed by atoms with Crippen LogP contribution in [0.15, 0.2) is 40.6 Å². The molecule has 5 heteroatoms. The summed E-state index contributed by atoms with van der Waals surface area (Å²) in [7, 11) is 0. The number of aromatic carboxylic acids is 1. The summed E-state index contributed by atoms with van der Waals surface area (Å²) in [4.78, 5) is 13.6. The Morgan fingerprint density at radius 1 is 1.29 bits per heavy atom. The van der Waals surface area contributed by atoms with E-state index in [1.807, 2.05) is 35.9 Å². The van der Waals surface area contributed by atoms with E-state index in [0.29, 0.717) is 17.2 Å². The highest BCUT2D eigenvalue weighted by Gasteiger charge is 2.21. The van der Waals surface area contributed by atoms with Crippen LogP contribution >= 0.6 is 23.1 Å². The summed E-state index contributed by atoms with van der Waals surface area (Å²) in [6.45, 7) is 4.27. The van der Waals surface area contributed by atoms with Crippen molar-refractivity contribution in [2.24, 2.45) is 5.92 Å². The maximum absolute atomic E-state index is 11.6. The molecular weight excluding hydrogens is 302 g/mol. The number of nitrogens with one attached hydrogen (secondary N) is 1. The van der Waals surface area contributed by atoms with E-state index >= 15 is 0 Å². The van der Waals surface area contributed by atoms with Gasteiger partial charge in [-0.25, -0.2) is 4.79 Å². The highest BCUT2D eigenvalue weighted by molar-refractivity contribution is 7.98. The van der Waals surface area contributed by atoms with Gasteiger partial charge in [-0.15, -0.1) is 23.1 Å². The number of rotatable bonds is 6. The Bertz CT molecular complexity index is 609. The fraction of sp³-hybridized carbons (Fsp3) is 0.312. The number of benzene rings is 1. The first kappa shape index (κ1) is 15.9. The minimum Gasteiger partial charge on any atom is -0.478 e. The lowest BCUT2D eigenvalue weighted by Crippen LogP contribution is -2.18. The number of thiophene rings is 1. The molecule has 0 aliphatic carbocycles. The van der Waals surface area contributed by atoms with Gasteiger partial charge in [0.1, 0.15) is 0 Å². The van der Waals surface area contributed by atoms with Crippen LogP contribution in [-0.2, 0) is 0 Å². The molecule has 0 aliphatic heterocycles. The van der Waals surface area contributed by atoms with Gasteiger partial charge < -0.3 is 10.4 Å². The molecule has 1 heterocycles. The lowest BCUT2D eigenvalue weighted by molar-refractivity contribution is 0.0694. The van der Waals surface area contributed by atoms with Gasteiger partial charge in [-0.3, -0.25) is 0 Å². The fourth-order valence-corrected chi connectivity index (χ4v) is 3.81. The van der Waals surface area contributed by atoms with Gasteiger partial charge in [-0.1, -0.05) is 26.0 Å². The first-order chi connectivity index (χ1) is 10.0. The Kier molecular flexibility index (Phi) is 5.31. The number of thioether (sulfide) groups is 1. The molecule has 0 radical (unpaired) electrons. The van der Waals surface area contributed by atoms with Crippen LogP contribution in [0, 0.1) is 5.92 Å². The first-order valence-corrected chi connectivity index (χ1v) is 8.85. The standard InChI is InChI=1S/C16H19NO2S2/c1-10(2)15(13-8-5-9-21-13)17-11-6-4-7-12(20-3)14(11)16(18)19/h4-10,15,17H,1-3H3,(H,18,19). The molecule has 2 aromatic rings. The zero-order valence-electron chi connectivity index (χ0n) is 12.3. The van der Waals surface area contributed by atoms with E-state index in [1.54, 1.807) is 11.3 Å². The third-order valence-electron chi connectivity index (χ3n) is 3.29. The number of carboxylic acids is 1. The van der Waals surface area contributed by atoms with Crippen molar-refractivity contribution in [2.45, 2.75) is 24.8 Å². The van der Waals surface area contributed by atoms with Gasteiger partial charge in [-0.2, -0.15) is 0 Å². The fourth-order valence-electron chi connectivity index (χ4n) is 2.24. The Labute approximate surface area is 133 Å². The zero-order valence-corrected chi connectivity index (χ0v) is 13.9. The maximum atomic E-state index is 11.6. The molecule has 21 heavy (non-hydrogen) atoms. The van der Waals surface area contributed by atoms with Crippen molar-refractivity contribution in [1.29, 1.82) is 0 Å². The van der Waals surface area contributed by atoms with E-state index in [9.17, 15) is 9.90 Å². The summed E-state index contributed by atoms with van der Waals surface area (Å²) in [6.07, 6.45) is 1.89. The van der Waals surface area contributed by atoms with E-state index in [1.165, 1.54) is 16.6 Å². The van der Waals surface area contributed by atoms with Crippen molar-refractivity contribution in [2.75, 3.05) is 11.6 Å². The van der Waals surface area contributed by atoms with Gasteiger partial charge in [0.15, 0.2) is 0 Å². The highest BCUT2D eigenvalue weighted by Crippen LogP contribution is 2.33. The molecule has 0 saturated carbocycles. The predicted molar refractivity (Wildman–Crippen MR) is 90.7 cm³/mol. The number of hydrogen-bond donors (Lipinski definition) is 2. The quantitative estimate of drug-likeness (QED) is 0.737. The SMILES string of the molecule is CSc1cccc(NC(c2cccs2)C(C)C)c1C(=O)O. The lowest BCUT2D eigenvalue weighted by Gasteiger charge is -2.24. The number of carbonyl (C=O) groups is 1. The van der Waals surface area contributed by atoms with Gasteiger partial charge in [0.2, 0.25) is 0 Å². The van der Waals surface area contributed by atoms with E-state index in [2.05, 4.69) is 25.2 Å². The summed E-state index contributed by atoms with van der Waals surface area (Å²) in [5.41, 5.74) is 1.04. The topological polar surface area (TPSA) is 49.3 Å². The van der Waals surface area contributed by atoms with Crippen LogP contribution in [-0.4, -0.2) is 17.3 Å². The van der Waals surface area contributed by atoms with Crippen molar-refractivity contribution < 1.29 is 9.90 Å². The lowest BCUT2D eigenvalue weighted by atomic mass is 10.0. The van der Waals surface area contributed by atoms with Crippen molar-refractivity contribution >= 4 is 34.8 Å². The molecule has 1 atom stereocenters. The Hall–Kier alpha value is -1.46. The number of hydrogen-bond acceptors (Lipinski definition) is 4. The normalized spacial score (nSPS) is 12.4. The van der Waals surface area contributed by atoms with Crippen LogP contribution in [0.1, 0.15) is 35.1 Å². The molecule has 0 fully saturated rings. The van der Waals surface area contributed by atoms with Gasteiger partial charge >= 0.3 is 5.97 Å². The average Bonchev–Trinajstić information content (AvgIpc) is 2.97. The molecule has 1 aromatic carbocycles. The molecular formula is C16H19NO2S2. The van der Waals surface area contributed by atoms with E-state index in [0.717, 1.165) is 4.90 Å². The monoisotopic (exact) mass is 321 g/mol. The van der Waals surface area contributed by atoms with Gasteiger partial charge in [0.25, 0.3) is 0 Å². The van der Waals surface area contributed by atoms with Crippen molar-refractivity contribution in [1.82, 2.24) is 0 Å². The second kappa shape index (κ2) is 7.00. The minimum absolute atomic E-state index is 0.111. The number of anilines is 1. The van der Waals surface area contributed by atoms with Crippen LogP contribution in [0.25, 0.3) is 0 Å². The van der Waals surface area contributed by atoms with Crippen molar-refractivity contribution in [3.63, 3.8) is 0 Å². The molecule has 0 amide bonds. The molecule has 0 bridgehead atoms. The Morgan fingerprint density at radius 2 is 2.05 bits per heavy atom. The second-order valence-corrected chi connectivity index (χ2v) is 6.90. The summed E-state index contributed by atoms with van der Waals surface area (Å²) in [6, 6.07) is 9.79. The molecule has 2 N–H and O–H groups in total. The molecule has 0 spiro atoms. The molecule has 1 aromatic heterocycles. The third kappa shape index (κ3) is 3.60. The Morgan fingerprint density at radius 3 is 2.57 bits per heavy atom. The average molecular weight is 321 g/mol. The number of carboxylic acid groups (broad SMARTS) is 1. The van der Waals surface area contributed by atoms with Crippen LogP contribution in [0.5, 0.6) is 0 Å². The molecule has 0 aliphatic rings. The predicted octanol–water partition coefficient (Wildman–Crippen LogP) is 4.98. The molecule has 2 rings (SSSR count). The highest BCUT2D eigenvalue weighted by atomic mass is 32.2. The molecule has 0 saturated heterocycles. The smallest absolute Gasteiger partial charge is 0.338 e. The summed E-state index contributed by atoms with van der Waals surface area (Å²) < 4.78 is 0. The molecule has 112 valence electrons. The van der Waals surface area contributed by atoms with Crippen LogP contribution in [0.3, 0.4) is 0 Å². The van der Waals surface area contributed by atoms with Gasteiger partial charge in [-0.05, 0) is 35.8 Å². The van der Waals surface area contributed by atoms with Crippen LogP contribution in [0.2, 0.25) is 0 Å². The Balaban J connectivity index is 2.40. The van der Waals surface area contributed by atoms with Crippen molar-refractivity contribution in [3.05, 3.63) is 46.2 Å². The first-order valence-electron chi connectivity index (χ1n) is 6.74. The molecule has 1 unspecified atom stereocenters. The van der Waals surface area contributed by atoms with Crippen LogP contribution in [0.4, 0.5) is 5.69 Å². The molecule has 3 nitrogen and oxygen atoms in total. The maximum Gasteiger partial charge on any atom is 0.338 e. The van der Waals surface area contributed by atoms with Crippen molar-refractivity contribution in [3.8, 4) is 0 Å². The third-order valence-corrected chi connectivity index (χ3v) is 5.02.